The zero-order chi connectivity index (χ0) is 21.8. The second-order valence-corrected chi connectivity index (χ2v) is 6.50. The van der Waals surface area contributed by atoms with Gasteiger partial charge in [-0.25, -0.2) is 18.4 Å². The smallest absolute Gasteiger partial charge is 0.354 e. The first kappa shape index (κ1) is 21.1. The van der Waals surface area contributed by atoms with Gasteiger partial charge in [0.25, 0.3) is 0 Å². The van der Waals surface area contributed by atoms with Gasteiger partial charge in [-0.2, -0.15) is 0 Å². The Bertz CT molecular complexity index is 1110. The zero-order valence-corrected chi connectivity index (χ0v) is 16.8. The molecule has 2 aromatic carbocycles. The van der Waals surface area contributed by atoms with Crippen molar-refractivity contribution in [2.75, 3.05) is 6.61 Å². The minimum absolute atomic E-state index is 0.0299. The van der Waals surface area contributed by atoms with Gasteiger partial charge < -0.3 is 14.0 Å². The van der Waals surface area contributed by atoms with Gasteiger partial charge in [0.2, 0.25) is 5.69 Å². The summed E-state index contributed by atoms with van der Waals surface area (Å²) >= 11 is 0. The van der Waals surface area contributed by atoms with E-state index in [1.807, 2.05) is 6.92 Å². The van der Waals surface area contributed by atoms with E-state index in [2.05, 4.69) is 4.85 Å². The van der Waals surface area contributed by atoms with Crippen LogP contribution in [-0.2, 0) is 18.2 Å². The van der Waals surface area contributed by atoms with Gasteiger partial charge in [0, 0.05) is 36.5 Å². The Morgan fingerprint density at radius 3 is 2.23 bits per heavy atom. The largest absolute Gasteiger partial charge is 0.461 e. The van der Waals surface area contributed by atoms with E-state index >= 15 is 0 Å². The molecular formula is C23H20F2N2O3. The molecule has 0 amide bonds. The number of rotatable bonds is 6. The Morgan fingerprint density at radius 1 is 1.07 bits per heavy atom. The molecule has 0 atom stereocenters. The van der Waals surface area contributed by atoms with Gasteiger partial charge in [0.1, 0.15) is 28.8 Å². The summed E-state index contributed by atoms with van der Waals surface area (Å²) in [7, 11) is 1.74. The quantitative estimate of drug-likeness (QED) is 0.367. The first-order valence-corrected chi connectivity index (χ1v) is 9.40. The van der Waals surface area contributed by atoms with Gasteiger partial charge in [0.15, 0.2) is 0 Å². The minimum Gasteiger partial charge on any atom is -0.461 e. The molecule has 154 valence electrons. The van der Waals surface area contributed by atoms with Crippen LogP contribution < -0.4 is 4.74 Å². The first-order valence-electron chi connectivity index (χ1n) is 9.40. The molecular weight excluding hydrogens is 390 g/mol. The van der Waals surface area contributed by atoms with Crippen LogP contribution in [-0.4, -0.2) is 17.1 Å². The molecule has 0 saturated carbocycles. The van der Waals surface area contributed by atoms with Gasteiger partial charge in [-0.15, -0.1) is 0 Å². The van der Waals surface area contributed by atoms with Gasteiger partial charge in [-0.3, -0.25) is 0 Å². The molecule has 0 radical (unpaired) electrons. The molecule has 3 rings (SSSR count). The summed E-state index contributed by atoms with van der Waals surface area (Å²) in [6.07, 6.45) is 0.576. The molecule has 7 heteroatoms. The summed E-state index contributed by atoms with van der Waals surface area (Å²) in [6, 6.07) is 9.53. The highest BCUT2D eigenvalue weighted by molar-refractivity contribution is 6.01. The third-order valence-electron chi connectivity index (χ3n) is 4.62. The summed E-state index contributed by atoms with van der Waals surface area (Å²) < 4.78 is 39.1. The van der Waals surface area contributed by atoms with Crippen molar-refractivity contribution in [2.45, 2.75) is 20.3 Å². The summed E-state index contributed by atoms with van der Waals surface area (Å²) in [5.74, 6) is -1.59. The molecule has 0 saturated heterocycles. The lowest BCUT2D eigenvalue weighted by Gasteiger charge is -2.10. The molecule has 0 N–H and O–H groups in total. The third kappa shape index (κ3) is 4.03. The van der Waals surface area contributed by atoms with E-state index in [9.17, 15) is 13.6 Å². The van der Waals surface area contributed by atoms with E-state index in [4.69, 9.17) is 16.0 Å². The Morgan fingerprint density at radius 2 is 1.70 bits per heavy atom. The topological polar surface area (TPSA) is 44.8 Å². The highest BCUT2D eigenvalue weighted by Crippen LogP contribution is 2.40. The van der Waals surface area contributed by atoms with Gasteiger partial charge in [-0.05, 0) is 31.0 Å². The van der Waals surface area contributed by atoms with E-state index in [0.29, 0.717) is 34.7 Å². The van der Waals surface area contributed by atoms with Gasteiger partial charge >= 0.3 is 5.97 Å². The van der Waals surface area contributed by atoms with Crippen LogP contribution in [0.3, 0.4) is 0 Å². The predicted octanol–water partition coefficient (Wildman–Crippen LogP) is 6.05. The number of halogens is 2. The fraction of sp³-hybridized carbons (Fsp3) is 0.217. The van der Waals surface area contributed by atoms with Crippen LogP contribution in [0.25, 0.3) is 16.0 Å². The molecule has 5 nitrogen and oxygen atoms in total. The maximum Gasteiger partial charge on any atom is 0.354 e. The van der Waals surface area contributed by atoms with Crippen LogP contribution in [0.15, 0.2) is 42.5 Å². The number of esters is 1. The number of benzene rings is 2. The van der Waals surface area contributed by atoms with Crippen molar-refractivity contribution in [3.63, 3.8) is 0 Å². The Hall–Kier alpha value is -3.66. The van der Waals surface area contributed by atoms with E-state index in [1.54, 1.807) is 42.8 Å². The van der Waals surface area contributed by atoms with Crippen molar-refractivity contribution < 1.29 is 23.0 Å². The molecule has 1 aromatic heterocycles. The third-order valence-corrected chi connectivity index (χ3v) is 4.62. The van der Waals surface area contributed by atoms with Crippen molar-refractivity contribution >= 4 is 11.7 Å². The lowest BCUT2D eigenvalue weighted by molar-refractivity contribution is 0.0516. The van der Waals surface area contributed by atoms with Gasteiger partial charge in [0.05, 0.1) is 13.2 Å². The van der Waals surface area contributed by atoms with Gasteiger partial charge in [-0.1, -0.05) is 19.1 Å². The molecule has 0 aliphatic heterocycles. The van der Waals surface area contributed by atoms with Crippen molar-refractivity contribution in [2.24, 2.45) is 7.05 Å². The maximum atomic E-state index is 13.4. The molecule has 0 unspecified atom stereocenters. The molecule has 0 aliphatic carbocycles. The molecule has 0 bridgehead atoms. The minimum atomic E-state index is -0.737. The summed E-state index contributed by atoms with van der Waals surface area (Å²) in [5.41, 5.74) is 2.56. The lowest BCUT2D eigenvalue weighted by atomic mass is 10.0. The van der Waals surface area contributed by atoms with Crippen molar-refractivity contribution in [1.29, 1.82) is 0 Å². The lowest BCUT2D eigenvalue weighted by Crippen LogP contribution is -2.12. The highest BCUT2D eigenvalue weighted by Gasteiger charge is 2.26. The molecule has 0 aliphatic rings. The van der Waals surface area contributed by atoms with Crippen LogP contribution in [0.2, 0.25) is 0 Å². The summed E-state index contributed by atoms with van der Waals surface area (Å²) in [4.78, 5) is 16.2. The number of nitrogens with zero attached hydrogens (tertiary/aromatic N) is 2. The summed E-state index contributed by atoms with van der Waals surface area (Å²) in [6.45, 7) is 11.5. The molecule has 3 aromatic rings. The van der Waals surface area contributed by atoms with Crippen LogP contribution in [0, 0.1) is 18.2 Å². The highest BCUT2D eigenvalue weighted by atomic mass is 19.1. The van der Waals surface area contributed by atoms with Crippen LogP contribution in [0.4, 0.5) is 14.5 Å². The van der Waals surface area contributed by atoms with Crippen molar-refractivity contribution in [3.05, 3.63) is 76.9 Å². The maximum absolute atomic E-state index is 13.4. The van der Waals surface area contributed by atoms with Crippen molar-refractivity contribution in [1.82, 2.24) is 4.57 Å². The molecule has 1 heterocycles. The van der Waals surface area contributed by atoms with Crippen molar-refractivity contribution in [3.8, 4) is 22.6 Å². The normalized spacial score (nSPS) is 10.5. The average molecular weight is 410 g/mol. The average Bonchev–Trinajstić information content (AvgIpc) is 2.99. The fourth-order valence-corrected chi connectivity index (χ4v) is 3.37. The first-order chi connectivity index (χ1) is 14.4. The second-order valence-electron chi connectivity index (χ2n) is 6.50. The van der Waals surface area contributed by atoms with Crippen LogP contribution >= 0.6 is 0 Å². The number of ether oxygens (including phenoxy) is 2. The molecule has 0 fully saturated rings. The summed E-state index contributed by atoms with van der Waals surface area (Å²) in [5, 5.41) is 0. The predicted molar refractivity (Wildman–Crippen MR) is 109 cm³/mol. The number of carbonyl (C=O) groups excluding carboxylic acids is 1. The van der Waals surface area contributed by atoms with E-state index in [-0.39, 0.29) is 12.4 Å². The zero-order valence-electron chi connectivity index (χ0n) is 16.8. The Labute approximate surface area is 173 Å². The Balaban J connectivity index is 2.03. The number of hydrogen-bond acceptors (Lipinski definition) is 3. The number of aromatic nitrogens is 1. The van der Waals surface area contributed by atoms with E-state index in [0.717, 1.165) is 23.9 Å². The SMILES string of the molecule is [C-]#[N+]c1c(-c2ccc(Oc3cc(F)cc(F)c3)cc2)c(C(=O)OCC)n(C)c1CC. The van der Waals surface area contributed by atoms with Crippen LogP contribution in [0.1, 0.15) is 30.0 Å². The monoisotopic (exact) mass is 410 g/mol. The van der Waals surface area contributed by atoms with Crippen LogP contribution in [0.5, 0.6) is 11.5 Å². The van der Waals surface area contributed by atoms with E-state index < -0.39 is 17.6 Å². The number of carbonyl (C=O) groups is 1. The fourth-order valence-electron chi connectivity index (χ4n) is 3.37. The standard InChI is InChI=1S/C23H20F2N2O3/c1-5-19-21(26-3)20(22(27(19)4)23(28)29-6-2)14-7-9-17(10-8-14)30-18-12-15(24)11-16(25)13-18/h7-13H,5-6H2,1-2,4H3. The molecule has 30 heavy (non-hydrogen) atoms. The number of hydrogen-bond donors (Lipinski definition) is 0. The Kier molecular flexibility index (Phi) is 6.17. The van der Waals surface area contributed by atoms with E-state index in [1.165, 1.54) is 0 Å². The molecule has 0 spiro atoms. The second kappa shape index (κ2) is 8.78.